The first kappa shape index (κ1) is 13.5. The summed E-state index contributed by atoms with van der Waals surface area (Å²) in [5, 5.41) is 9.53. The number of phenolic OH excluding ortho intramolecular Hbond substituents is 1. The number of benzene rings is 1. The molecule has 0 aromatic heterocycles. The van der Waals surface area contributed by atoms with Crippen LogP contribution in [0.25, 0.3) is 0 Å². The van der Waals surface area contributed by atoms with E-state index >= 15 is 0 Å². The summed E-state index contributed by atoms with van der Waals surface area (Å²) in [4.78, 5) is 14.4. The van der Waals surface area contributed by atoms with Crippen molar-refractivity contribution in [1.82, 2.24) is 4.90 Å². The Hall–Kier alpha value is -1.51. The molecule has 0 bridgehead atoms. The minimum atomic E-state index is 0.0826. The highest BCUT2D eigenvalue weighted by molar-refractivity contribution is 5.98. The fourth-order valence-corrected chi connectivity index (χ4v) is 3.70. The Kier molecular flexibility index (Phi) is 3.68. The molecular weight excluding hydrogens is 250 g/mol. The number of rotatable bonds is 3. The first-order valence-corrected chi connectivity index (χ1v) is 7.78. The molecular formula is C17H23NO2. The standard InChI is InChI=1S/C17H23NO2/c1-12(9-13-5-3-2-4-6-13)18-11-14-7-8-15(19)10-16(14)17(18)20/h7-8,10,12-13,19H,2-6,9,11H2,1H3. The summed E-state index contributed by atoms with van der Waals surface area (Å²) in [6, 6.07) is 5.43. The zero-order valence-corrected chi connectivity index (χ0v) is 12.1. The lowest BCUT2D eigenvalue weighted by molar-refractivity contribution is 0.0685. The average Bonchev–Trinajstić information content (AvgIpc) is 2.77. The summed E-state index contributed by atoms with van der Waals surface area (Å²) in [5.74, 6) is 1.04. The van der Waals surface area contributed by atoms with Gasteiger partial charge < -0.3 is 10.0 Å². The highest BCUT2D eigenvalue weighted by atomic mass is 16.3. The number of carbonyl (C=O) groups is 1. The van der Waals surface area contributed by atoms with Gasteiger partial charge in [-0.3, -0.25) is 4.79 Å². The molecule has 1 heterocycles. The Morgan fingerprint density at radius 1 is 1.30 bits per heavy atom. The fraction of sp³-hybridized carbons (Fsp3) is 0.588. The molecule has 2 aliphatic rings. The third-order valence-electron chi connectivity index (χ3n) is 4.86. The van der Waals surface area contributed by atoms with E-state index in [1.165, 1.54) is 32.1 Å². The zero-order chi connectivity index (χ0) is 14.1. The Bertz CT molecular complexity index is 506. The molecule has 0 saturated heterocycles. The lowest BCUT2D eigenvalue weighted by atomic mass is 9.85. The molecule has 108 valence electrons. The minimum Gasteiger partial charge on any atom is -0.508 e. The molecule has 1 aliphatic heterocycles. The third kappa shape index (κ3) is 2.54. The second-order valence-corrected chi connectivity index (χ2v) is 6.36. The van der Waals surface area contributed by atoms with E-state index in [2.05, 4.69) is 6.92 Å². The molecule has 1 unspecified atom stereocenters. The lowest BCUT2D eigenvalue weighted by Gasteiger charge is -2.30. The van der Waals surface area contributed by atoms with Crippen LogP contribution in [0.1, 0.15) is 61.4 Å². The smallest absolute Gasteiger partial charge is 0.254 e. The van der Waals surface area contributed by atoms with Crippen molar-refractivity contribution in [1.29, 1.82) is 0 Å². The topological polar surface area (TPSA) is 40.5 Å². The second kappa shape index (κ2) is 5.47. The second-order valence-electron chi connectivity index (χ2n) is 6.36. The zero-order valence-electron chi connectivity index (χ0n) is 12.1. The molecule has 1 aliphatic carbocycles. The molecule has 3 rings (SSSR count). The van der Waals surface area contributed by atoms with Gasteiger partial charge in [0, 0.05) is 18.2 Å². The average molecular weight is 273 g/mol. The van der Waals surface area contributed by atoms with E-state index in [0.29, 0.717) is 18.2 Å². The van der Waals surface area contributed by atoms with Crippen molar-refractivity contribution >= 4 is 5.91 Å². The molecule has 1 atom stereocenters. The molecule has 1 saturated carbocycles. The van der Waals surface area contributed by atoms with Crippen molar-refractivity contribution < 1.29 is 9.90 Å². The van der Waals surface area contributed by atoms with E-state index in [4.69, 9.17) is 0 Å². The molecule has 1 N–H and O–H groups in total. The van der Waals surface area contributed by atoms with E-state index in [-0.39, 0.29) is 11.7 Å². The van der Waals surface area contributed by atoms with Crippen LogP contribution in [0.5, 0.6) is 5.75 Å². The van der Waals surface area contributed by atoms with Crippen molar-refractivity contribution in [2.24, 2.45) is 5.92 Å². The van der Waals surface area contributed by atoms with Gasteiger partial charge in [-0.1, -0.05) is 38.2 Å². The van der Waals surface area contributed by atoms with Crippen molar-refractivity contribution in [3.63, 3.8) is 0 Å². The Labute approximate surface area is 120 Å². The highest BCUT2D eigenvalue weighted by Crippen LogP contribution is 2.32. The number of aromatic hydroxyl groups is 1. The number of fused-ring (bicyclic) bond motifs is 1. The molecule has 1 aromatic rings. The van der Waals surface area contributed by atoms with Gasteiger partial charge >= 0.3 is 0 Å². The van der Waals surface area contributed by atoms with Crippen LogP contribution in [0.2, 0.25) is 0 Å². The largest absolute Gasteiger partial charge is 0.508 e. The first-order chi connectivity index (χ1) is 9.65. The lowest BCUT2D eigenvalue weighted by Crippen LogP contribution is -2.35. The maximum Gasteiger partial charge on any atom is 0.254 e. The van der Waals surface area contributed by atoms with Crippen molar-refractivity contribution in [2.75, 3.05) is 0 Å². The molecule has 20 heavy (non-hydrogen) atoms. The first-order valence-electron chi connectivity index (χ1n) is 7.78. The van der Waals surface area contributed by atoms with E-state index in [1.54, 1.807) is 12.1 Å². The van der Waals surface area contributed by atoms with E-state index in [0.717, 1.165) is 17.9 Å². The molecule has 1 amide bonds. The van der Waals surface area contributed by atoms with Gasteiger partial charge in [0.15, 0.2) is 0 Å². The van der Waals surface area contributed by atoms with Crippen molar-refractivity contribution in [3.05, 3.63) is 29.3 Å². The van der Waals surface area contributed by atoms with Crippen molar-refractivity contribution in [3.8, 4) is 5.75 Å². The number of amides is 1. The maximum absolute atomic E-state index is 12.4. The predicted octanol–water partition coefficient (Wildman–Crippen LogP) is 3.71. The molecule has 3 heteroatoms. The monoisotopic (exact) mass is 273 g/mol. The number of hydrogen-bond acceptors (Lipinski definition) is 2. The number of phenols is 1. The van der Waals surface area contributed by atoms with Crippen LogP contribution >= 0.6 is 0 Å². The van der Waals surface area contributed by atoms with Crippen LogP contribution in [0.15, 0.2) is 18.2 Å². The number of nitrogens with zero attached hydrogens (tertiary/aromatic N) is 1. The number of carbonyl (C=O) groups excluding carboxylic acids is 1. The van der Waals surface area contributed by atoms with Gasteiger partial charge in [-0.2, -0.15) is 0 Å². The van der Waals surface area contributed by atoms with Gasteiger partial charge in [0.25, 0.3) is 5.91 Å². The van der Waals surface area contributed by atoms with Gasteiger partial charge in [-0.15, -0.1) is 0 Å². The van der Waals surface area contributed by atoms with E-state index in [9.17, 15) is 9.90 Å². The molecule has 1 fully saturated rings. The summed E-state index contributed by atoms with van der Waals surface area (Å²) in [7, 11) is 0. The van der Waals surface area contributed by atoms with Crippen LogP contribution in [-0.4, -0.2) is 22.0 Å². The molecule has 0 radical (unpaired) electrons. The molecule has 3 nitrogen and oxygen atoms in total. The van der Waals surface area contributed by atoms with Crippen LogP contribution in [0, 0.1) is 5.92 Å². The highest BCUT2D eigenvalue weighted by Gasteiger charge is 2.32. The van der Waals surface area contributed by atoms with Gasteiger partial charge in [-0.25, -0.2) is 0 Å². The third-order valence-corrected chi connectivity index (χ3v) is 4.86. The quantitative estimate of drug-likeness (QED) is 0.912. The summed E-state index contributed by atoms with van der Waals surface area (Å²) in [5.41, 5.74) is 1.73. The van der Waals surface area contributed by atoms with E-state index < -0.39 is 0 Å². The normalized spacial score (nSPS) is 21.1. The van der Waals surface area contributed by atoms with Gasteiger partial charge in [0.05, 0.1) is 0 Å². The molecule has 0 spiro atoms. The Balaban J connectivity index is 1.68. The van der Waals surface area contributed by atoms with Crippen LogP contribution in [0.3, 0.4) is 0 Å². The summed E-state index contributed by atoms with van der Waals surface area (Å²) in [6.07, 6.45) is 7.82. The SMILES string of the molecule is CC(CC1CCCCC1)N1Cc2ccc(O)cc2C1=O. The van der Waals surface area contributed by atoms with Crippen LogP contribution < -0.4 is 0 Å². The van der Waals surface area contributed by atoms with Gasteiger partial charge in [0.1, 0.15) is 5.75 Å². The van der Waals surface area contributed by atoms with Crippen LogP contribution in [-0.2, 0) is 6.54 Å². The maximum atomic E-state index is 12.4. The van der Waals surface area contributed by atoms with Crippen LogP contribution in [0.4, 0.5) is 0 Å². The molecule has 1 aromatic carbocycles. The summed E-state index contributed by atoms with van der Waals surface area (Å²) >= 11 is 0. The summed E-state index contributed by atoms with van der Waals surface area (Å²) < 4.78 is 0. The summed E-state index contributed by atoms with van der Waals surface area (Å²) in [6.45, 7) is 2.86. The van der Waals surface area contributed by atoms with Gasteiger partial charge in [-0.05, 0) is 37.0 Å². The van der Waals surface area contributed by atoms with Gasteiger partial charge in [0.2, 0.25) is 0 Å². The fourth-order valence-electron chi connectivity index (χ4n) is 3.70. The minimum absolute atomic E-state index is 0.0826. The number of hydrogen-bond donors (Lipinski definition) is 1. The Morgan fingerprint density at radius 3 is 2.80 bits per heavy atom. The van der Waals surface area contributed by atoms with Crippen molar-refractivity contribution in [2.45, 2.75) is 58.0 Å². The Morgan fingerprint density at radius 2 is 2.05 bits per heavy atom. The van der Waals surface area contributed by atoms with E-state index in [1.807, 2.05) is 11.0 Å². The predicted molar refractivity (Wildman–Crippen MR) is 78.6 cm³/mol.